The zero-order valence-corrected chi connectivity index (χ0v) is 10.5. The zero-order valence-electron chi connectivity index (χ0n) is 8.95. The van der Waals surface area contributed by atoms with E-state index < -0.39 is 0 Å². The molecule has 0 unspecified atom stereocenters. The molecule has 0 atom stereocenters. The summed E-state index contributed by atoms with van der Waals surface area (Å²) in [7, 11) is 0. The van der Waals surface area contributed by atoms with Gasteiger partial charge in [0.1, 0.15) is 5.75 Å². The van der Waals surface area contributed by atoms with Crippen molar-refractivity contribution in [3.8, 4) is 5.75 Å². The second kappa shape index (κ2) is 4.97. The van der Waals surface area contributed by atoms with E-state index in [0.717, 1.165) is 16.1 Å². The van der Waals surface area contributed by atoms with Gasteiger partial charge < -0.3 is 4.74 Å². The molecule has 0 spiro atoms. The van der Waals surface area contributed by atoms with Crippen LogP contribution in [0.3, 0.4) is 0 Å². The molecular formula is C12H16BrNO. The first-order chi connectivity index (χ1) is 7.24. The lowest BCUT2D eigenvalue weighted by atomic mass is 9.89. The van der Waals surface area contributed by atoms with Crippen LogP contribution in [0.25, 0.3) is 0 Å². The minimum Gasteiger partial charge on any atom is -0.489 e. The van der Waals surface area contributed by atoms with Gasteiger partial charge in [-0.1, -0.05) is 6.92 Å². The van der Waals surface area contributed by atoms with Gasteiger partial charge >= 0.3 is 0 Å². The standard InChI is InChI=1S/C12H16BrNO/c1-9-2-4-11(5-3-9)15-12-6-10(13)7-14-8-12/h6-9,11H,2-5H2,1H3. The van der Waals surface area contributed by atoms with Gasteiger partial charge in [0, 0.05) is 10.7 Å². The SMILES string of the molecule is CC1CCC(Oc2cncc(Br)c2)CC1. The Balaban J connectivity index is 1.92. The van der Waals surface area contributed by atoms with Crippen LogP contribution in [-0.4, -0.2) is 11.1 Å². The third-order valence-electron chi connectivity index (χ3n) is 2.95. The molecule has 3 heteroatoms. The fourth-order valence-electron chi connectivity index (χ4n) is 2.00. The van der Waals surface area contributed by atoms with Gasteiger partial charge in [-0.2, -0.15) is 0 Å². The van der Waals surface area contributed by atoms with Gasteiger partial charge in [0.2, 0.25) is 0 Å². The summed E-state index contributed by atoms with van der Waals surface area (Å²) < 4.78 is 6.87. The number of nitrogens with zero attached hydrogens (tertiary/aromatic N) is 1. The number of rotatable bonds is 2. The van der Waals surface area contributed by atoms with Crippen molar-refractivity contribution >= 4 is 15.9 Å². The number of hydrogen-bond acceptors (Lipinski definition) is 2. The van der Waals surface area contributed by atoms with E-state index >= 15 is 0 Å². The fourth-order valence-corrected chi connectivity index (χ4v) is 2.34. The van der Waals surface area contributed by atoms with E-state index in [4.69, 9.17) is 4.74 Å². The molecule has 1 aliphatic carbocycles. The predicted molar refractivity (Wildman–Crippen MR) is 64.0 cm³/mol. The normalized spacial score (nSPS) is 26.3. The Bertz CT molecular complexity index is 321. The van der Waals surface area contributed by atoms with Crippen LogP contribution < -0.4 is 4.74 Å². The molecule has 0 bridgehead atoms. The highest BCUT2D eigenvalue weighted by molar-refractivity contribution is 9.10. The molecular weight excluding hydrogens is 254 g/mol. The smallest absolute Gasteiger partial charge is 0.139 e. The molecule has 1 aromatic heterocycles. The number of hydrogen-bond donors (Lipinski definition) is 0. The van der Waals surface area contributed by atoms with Crippen LogP contribution in [0.1, 0.15) is 32.6 Å². The van der Waals surface area contributed by atoms with Crippen LogP contribution in [0.15, 0.2) is 22.9 Å². The molecule has 0 amide bonds. The lowest BCUT2D eigenvalue weighted by Gasteiger charge is -2.26. The maximum atomic E-state index is 5.89. The molecule has 1 aliphatic rings. The summed E-state index contributed by atoms with van der Waals surface area (Å²) in [4.78, 5) is 4.09. The van der Waals surface area contributed by atoms with Crippen LogP contribution in [0, 0.1) is 5.92 Å². The van der Waals surface area contributed by atoms with Gasteiger partial charge in [-0.3, -0.25) is 4.98 Å². The van der Waals surface area contributed by atoms with E-state index in [0.29, 0.717) is 6.10 Å². The topological polar surface area (TPSA) is 22.1 Å². The minimum absolute atomic E-state index is 0.386. The molecule has 0 aliphatic heterocycles. The van der Waals surface area contributed by atoms with Crippen molar-refractivity contribution in [1.29, 1.82) is 0 Å². The second-order valence-electron chi connectivity index (χ2n) is 4.34. The van der Waals surface area contributed by atoms with Gasteiger partial charge in [0.25, 0.3) is 0 Å². The highest BCUT2D eigenvalue weighted by atomic mass is 79.9. The average Bonchev–Trinajstić information content (AvgIpc) is 2.22. The third kappa shape index (κ3) is 3.20. The first-order valence-electron chi connectivity index (χ1n) is 5.51. The van der Waals surface area contributed by atoms with Gasteiger partial charge in [-0.15, -0.1) is 0 Å². The largest absolute Gasteiger partial charge is 0.489 e. The Morgan fingerprint density at radius 3 is 2.67 bits per heavy atom. The highest BCUT2D eigenvalue weighted by Crippen LogP contribution is 2.27. The zero-order chi connectivity index (χ0) is 10.7. The summed E-state index contributed by atoms with van der Waals surface area (Å²) >= 11 is 3.39. The number of ether oxygens (including phenoxy) is 1. The van der Waals surface area contributed by atoms with Crippen molar-refractivity contribution in [1.82, 2.24) is 4.98 Å². The number of aromatic nitrogens is 1. The van der Waals surface area contributed by atoms with E-state index in [1.165, 1.54) is 25.7 Å². The predicted octanol–water partition coefficient (Wildman–Crippen LogP) is 3.80. The Kier molecular flexibility index (Phi) is 3.62. The molecule has 0 aromatic carbocycles. The Morgan fingerprint density at radius 1 is 1.27 bits per heavy atom. The molecule has 0 radical (unpaired) electrons. The Hall–Kier alpha value is -0.570. The van der Waals surface area contributed by atoms with E-state index in [9.17, 15) is 0 Å². The molecule has 1 saturated carbocycles. The van der Waals surface area contributed by atoms with Crippen molar-refractivity contribution in [2.75, 3.05) is 0 Å². The van der Waals surface area contributed by atoms with Gasteiger partial charge in [-0.05, 0) is 53.6 Å². The molecule has 1 fully saturated rings. The van der Waals surface area contributed by atoms with Crippen LogP contribution in [0.5, 0.6) is 5.75 Å². The van der Waals surface area contributed by atoms with E-state index in [1.54, 1.807) is 12.4 Å². The molecule has 0 N–H and O–H groups in total. The maximum Gasteiger partial charge on any atom is 0.139 e. The van der Waals surface area contributed by atoms with Gasteiger partial charge in [0.05, 0.1) is 12.3 Å². The molecule has 1 aromatic rings. The van der Waals surface area contributed by atoms with Crippen molar-refractivity contribution < 1.29 is 4.74 Å². The molecule has 2 rings (SSSR count). The van der Waals surface area contributed by atoms with E-state index in [1.807, 2.05) is 6.07 Å². The number of halogens is 1. The van der Waals surface area contributed by atoms with Crippen molar-refractivity contribution in [2.45, 2.75) is 38.7 Å². The maximum absolute atomic E-state index is 5.89. The first kappa shape index (κ1) is 10.9. The summed E-state index contributed by atoms with van der Waals surface area (Å²) in [5, 5.41) is 0. The molecule has 0 saturated heterocycles. The second-order valence-corrected chi connectivity index (χ2v) is 5.25. The summed E-state index contributed by atoms with van der Waals surface area (Å²) in [5.41, 5.74) is 0. The summed E-state index contributed by atoms with van der Waals surface area (Å²) in [6, 6.07) is 1.98. The van der Waals surface area contributed by atoms with E-state index in [2.05, 4.69) is 27.8 Å². The monoisotopic (exact) mass is 269 g/mol. The number of pyridine rings is 1. The minimum atomic E-state index is 0.386. The fraction of sp³-hybridized carbons (Fsp3) is 0.583. The lowest BCUT2D eigenvalue weighted by Crippen LogP contribution is -2.23. The first-order valence-corrected chi connectivity index (χ1v) is 6.30. The van der Waals surface area contributed by atoms with Gasteiger partial charge in [0.15, 0.2) is 0 Å². The van der Waals surface area contributed by atoms with Crippen LogP contribution in [0.2, 0.25) is 0 Å². The van der Waals surface area contributed by atoms with Gasteiger partial charge in [-0.25, -0.2) is 0 Å². The average molecular weight is 270 g/mol. The van der Waals surface area contributed by atoms with E-state index in [-0.39, 0.29) is 0 Å². The summed E-state index contributed by atoms with van der Waals surface area (Å²) in [6.07, 6.45) is 8.86. The van der Waals surface area contributed by atoms with Crippen LogP contribution in [-0.2, 0) is 0 Å². The quantitative estimate of drug-likeness (QED) is 0.815. The molecule has 15 heavy (non-hydrogen) atoms. The van der Waals surface area contributed by atoms with Crippen LogP contribution >= 0.6 is 15.9 Å². The Morgan fingerprint density at radius 2 is 2.00 bits per heavy atom. The summed E-state index contributed by atoms with van der Waals surface area (Å²) in [6.45, 7) is 2.32. The highest BCUT2D eigenvalue weighted by Gasteiger charge is 2.19. The molecule has 82 valence electrons. The molecule has 2 nitrogen and oxygen atoms in total. The van der Waals surface area contributed by atoms with Crippen molar-refractivity contribution in [3.63, 3.8) is 0 Å². The lowest BCUT2D eigenvalue weighted by molar-refractivity contribution is 0.135. The van der Waals surface area contributed by atoms with Crippen LogP contribution in [0.4, 0.5) is 0 Å². The summed E-state index contributed by atoms with van der Waals surface area (Å²) in [5.74, 6) is 1.74. The van der Waals surface area contributed by atoms with Crippen molar-refractivity contribution in [3.05, 3.63) is 22.9 Å². The van der Waals surface area contributed by atoms with Crippen molar-refractivity contribution in [2.24, 2.45) is 5.92 Å². The molecule has 1 heterocycles. The Labute approximate surface area is 99.2 Å². The third-order valence-corrected chi connectivity index (χ3v) is 3.38.